The van der Waals surface area contributed by atoms with Crippen LogP contribution in [0.15, 0.2) is 24.3 Å². The van der Waals surface area contributed by atoms with Crippen LogP contribution in [0.25, 0.3) is 0 Å². The van der Waals surface area contributed by atoms with Crippen LogP contribution in [0.1, 0.15) is 54.9 Å². The first-order valence-electron chi connectivity index (χ1n) is 7.65. The van der Waals surface area contributed by atoms with E-state index in [0.29, 0.717) is 12.6 Å². The van der Waals surface area contributed by atoms with Gasteiger partial charge in [0.15, 0.2) is 0 Å². The number of carbonyl (C=O) groups excluding carboxylic acids is 1. The van der Waals surface area contributed by atoms with Crippen LogP contribution in [-0.4, -0.2) is 30.5 Å². The fraction of sp³-hybridized carbons (Fsp3) is 0.588. The van der Waals surface area contributed by atoms with Crippen molar-refractivity contribution >= 4 is 5.91 Å². The van der Waals surface area contributed by atoms with Gasteiger partial charge in [-0.05, 0) is 37.5 Å². The van der Waals surface area contributed by atoms with E-state index in [2.05, 4.69) is 6.92 Å². The summed E-state index contributed by atoms with van der Waals surface area (Å²) < 4.78 is 5.10. The van der Waals surface area contributed by atoms with Crippen LogP contribution >= 0.6 is 0 Å². The summed E-state index contributed by atoms with van der Waals surface area (Å²) in [4.78, 5) is 14.7. The Balaban J connectivity index is 2.07. The van der Waals surface area contributed by atoms with Crippen molar-refractivity contribution in [2.75, 3.05) is 13.7 Å². The summed E-state index contributed by atoms with van der Waals surface area (Å²) in [6, 6.07) is 8.22. The Morgan fingerprint density at radius 2 is 1.85 bits per heavy atom. The van der Waals surface area contributed by atoms with Crippen molar-refractivity contribution in [3.05, 3.63) is 35.4 Å². The zero-order valence-corrected chi connectivity index (χ0v) is 12.6. The summed E-state index contributed by atoms with van der Waals surface area (Å²) in [5.41, 5.74) is 1.89. The predicted octanol–water partition coefficient (Wildman–Crippen LogP) is 3.63. The average Bonchev–Trinajstić information content (AvgIpc) is 2.50. The molecule has 0 unspecified atom stereocenters. The third-order valence-corrected chi connectivity index (χ3v) is 4.13. The van der Waals surface area contributed by atoms with Gasteiger partial charge in [0.25, 0.3) is 5.91 Å². The quantitative estimate of drug-likeness (QED) is 0.821. The summed E-state index contributed by atoms with van der Waals surface area (Å²) >= 11 is 0. The highest BCUT2D eigenvalue weighted by molar-refractivity contribution is 5.94. The van der Waals surface area contributed by atoms with E-state index >= 15 is 0 Å². The maximum absolute atomic E-state index is 12.6. The van der Waals surface area contributed by atoms with Crippen molar-refractivity contribution < 1.29 is 9.53 Å². The summed E-state index contributed by atoms with van der Waals surface area (Å²) in [7, 11) is 1.68. The minimum absolute atomic E-state index is 0.170. The van der Waals surface area contributed by atoms with Crippen LogP contribution in [0.4, 0.5) is 0 Å². The molecule has 0 aromatic heterocycles. The molecule has 1 aliphatic carbocycles. The molecule has 1 aromatic rings. The largest absolute Gasteiger partial charge is 0.380 e. The number of carbonyl (C=O) groups is 1. The average molecular weight is 275 g/mol. The van der Waals surface area contributed by atoms with Crippen molar-refractivity contribution in [2.24, 2.45) is 0 Å². The fourth-order valence-corrected chi connectivity index (χ4v) is 3.04. The summed E-state index contributed by atoms with van der Waals surface area (Å²) in [6.45, 7) is 3.46. The first-order chi connectivity index (χ1) is 9.76. The van der Waals surface area contributed by atoms with Crippen LogP contribution in [0.3, 0.4) is 0 Å². The highest BCUT2D eigenvalue weighted by Crippen LogP contribution is 2.24. The van der Waals surface area contributed by atoms with Gasteiger partial charge < -0.3 is 9.64 Å². The first kappa shape index (κ1) is 15.0. The third kappa shape index (κ3) is 3.60. The number of amides is 1. The molecule has 110 valence electrons. The minimum atomic E-state index is 0.170. The minimum Gasteiger partial charge on any atom is -0.380 e. The van der Waals surface area contributed by atoms with Gasteiger partial charge >= 0.3 is 0 Å². The molecule has 1 saturated carbocycles. The first-order valence-corrected chi connectivity index (χ1v) is 7.65. The fourth-order valence-electron chi connectivity index (χ4n) is 3.04. The zero-order valence-electron chi connectivity index (χ0n) is 12.6. The molecule has 1 fully saturated rings. The Kier molecular flexibility index (Phi) is 5.60. The molecule has 1 aliphatic rings. The Morgan fingerprint density at radius 1 is 1.20 bits per heavy atom. The van der Waals surface area contributed by atoms with E-state index in [1.807, 2.05) is 29.2 Å². The molecule has 0 spiro atoms. The molecule has 0 radical (unpaired) electrons. The molecule has 3 heteroatoms. The Labute approximate surface area is 121 Å². The molecule has 0 aliphatic heterocycles. The number of hydrogen-bond acceptors (Lipinski definition) is 2. The van der Waals surface area contributed by atoms with Gasteiger partial charge in [0.2, 0.25) is 0 Å². The molecule has 0 N–H and O–H groups in total. The zero-order chi connectivity index (χ0) is 14.4. The van der Waals surface area contributed by atoms with Crippen LogP contribution in [0.2, 0.25) is 0 Å². The van der Waals surface area contributed by atoms with Gasteiger partial charge in [-0.2, -0.15) is 0 Å². The summed E-state index contributed by atoms with van der Waals surface area (Å²) in [5.74, 6) is 0.170. The van der Waals surface area contributed by atoms with Crippen LogP contribution < -0.4 is 0 Å². The normalized spacial score (nSPS) is 16.1. The van der Waals surface area contributed by atoms with Crippen molar-refractivity contribution in [3.63, 3.8) is 0 Å². The molecule has 3 nitrogen and oxygen atoms in total. The van der Waals surface area contributed by atoms with E-state index in [4.69, 9.17) is 4.74 Å². The highest BCUT2D eigenvalue weighted by Gasteiger charge is 2.24. The number of benzene rings is 1. The molecule has 1 amide bonds. The van der Waals surface area contributed by atoms with Gasteiger partial charge in [-0.25, -0.2) is 0 Å². The maximum atomic E-state index is 12.6. The molecule has 0 bridgehead atoms. The number of nitrogens with zero attached hydrogens (tertiary/aromatic N) is 1. The lowest BCUT2D eigenvalue weighted by atomic mass is 9.93. The van der Waals surface area contributed by atoms with E-state index in [-0.39, 0.29) is 5.91 Å². The predicted molar refractivity (Wildman–Crippen MR) is 80.7 cm³/mol. The topological polar surface area (TPSA) is 29.5 Å². The molecular weight excluding hydrogens is 250 g/mol. The standard InChI is InChI=1S/C17H25NO2/c1-3-18(16-7-5-4-6-8-16)17(19)15-11-9-14(10-12-15)13-20-2/h9-12,16H,3-8,13H2,1-2H3. The molecule has 0 atom stereocenters. The van der Waals surface area contributed by atoms with E-state index in [9.17, 15) is 4.79 Å². The number of hydrogen-bond donors (Lipinski definition) is 0. The SMILES string of the molecule is CCN(C(=O)c1ccc(COC)cc1)C1CCCCC1. The Morgan fingerprint density at radius 3 is 2.40 bits per heavy atom. The monoisotopic (exact) mass is 275 g/mol. The van der Waals surface area contributed by atoms with Gasteiger partial charge in [0.1, 0.15) is 0 Å². The number of rotatable bonds is 5. The lowest BCUT2D eigenvalue weighted by molar-refractivity contribution is 0.0648. The second-order valence-corrected chi connectivity index (χ2v) is 5.51. The van der Waals surface area contributed by atoms with E-state index < -0.39 is 0 Å². The summed E-state index contributed by atoms with van der Waals surface area (Å²) in [5, 5.41) is 0. The Hall–Kier alpha value is -1.35. The number of ether oxygens (including phenoxy) is 1. The van der Waals surface area contributed by atoms with Gasteiger partial charge in [-0.1, -0.05) is 31.4 Å². The molecule has 0 saturated heterocycles. The second-order valence-electron chi connectivity index (χ2n) is 5.51. The van der Waals surface area contributed by atoms with Crippen LogP contribution in [0, 0.1) is 0 Å². The van der Waals surface area contributed by atoms with E-state index in [1.165, 1.54) is 19.3 Å². The van der Waals surface area contributed by atoms with E-state index in [0.717, 1.165) is 30.5 Å². The van der Waals surface area contributed by atoms with Gasteiger partial charge in [0.05, 0.1) is 6.61 Å². The van der Waals surface area contributed by atoms with Gasteiger partial charge in [-0.3, -0.25) is 4.79 Å². The number of methoxy groups -OCH3 is 1. The van der Waals surface area contributed by atoms with Crippen molar-refractivity contribution in [1.29, 1.82) is 0 Å². The lowest BCUT2D eigenvalue weighted by Crippen LogP contribution is -2.41. The molecular formula is C17H25NO2. The van der Waals surface area contributed by atoms with Crippen LogP contribution in [-0.2, 0) is 11.3 Å². The van der Waals surface area contributed by atoms with Crippen molar-refractivity contribution in [2.45, 2.75) is 51.7 Å². The van der Waals surface area contributed by atoms with Crippen molar-refractivity contribution in [3.8, 4) is 0 Å². The lowest BCUT2D eigenvalue weighted by Gasteiger charge is -2.33. The third-order valence-electron chi connectivity index (χ3n) is 4.13. The molecule has 2 rings (SSSR count). The molecule has 1 aromatic carbocycles. The smallest absolute Gasteiger partial charge is 0.254 e. The highest BCUT2D eigenvalue weighted by atomic mass is 16.5. The summed E-state index contributed by atoms with van der Waals surface area (Å²) in [6.07, 6.45) is 6.12. The maximum Gasteiger partial charge on any atom is 0.254 e. The van der Waals surface area contributed by atoms with Gasteiger partial charge in [-0.15, -0.1) is 0 Å². The Bertz CT molecular complexity index is 421. The molecule has 0 heterocycles. The van der Waals surface area contributed by atoms with Crippen molar-refractivity contribution in [1.82, 2.24) is 4.90 Å². The van der Waals surface area contributed by atoms with E-state index in [1.54, 1.807) is 7.11 Å². The second kappa shape index (κ2) is 7.44. The van der Waals surface area contributed by atoms with Crippen LogP contribution in [0.5, 0.6) is 0 Å². The molecule has 20 heavy (non-hydrogen) atoms. The van der Waals surface area contributed by atoms with Gasteiger partial charge in [0, 0.05) is 25.3 Å².